The molecule has 0 unspecified atom stereocenters. The predicted octanol–water partition coefficient (Wildman–Crippen LogP) is 3.69. The zero-order valence-electron chi connectivity index (χ0n) is 16.8. The first-order valence-electron chi connectivity index (χ1n) is 9.83. The van der Waals surface area contributed by atoms with Gasteiger partial charge in [0.15, 0.2) is 5.78 Å². The second-order valence-electron chi connectivity index (χ2n) is 7.35. The van der Waals surface area contributed by atoms with Gasteiger partial charge in [-0.25, -0.2) is 4.68 Å². The Morgan fingerprint density at radius 1 is 0.966 bits per heavy atom. The Labute approximate surface area is 176 Å². The summed E-state index contributed by atoms with van der Waals surface area (Å²) in [7, 11) is 0. The molecule has 1 fully saturated rings. The van der Waals surface area contributed by atoms with Gasteiger partial charge in [-0.2, -0.15) is 5.10 Å². The molecule has 0 radical (unpaired) electrons. The predicted molar refractivity (Wildman–Crippen MR) is 117 cm³/mol. The SMILES string of the molecule is CC(=O)c1ccc(N2CCN(Cn3nc(C)n(-c4ccccc4)c3=S)CC2)cc1. The summed E-state index contributed by atoms with van der Waals surface area (Å²) in [4.78, 5) is 16.2. The number of para-hydroxylation sites is 1. The molecule has 0 spiro atoms. The zero-order valence-corrected chi connectivity index (χ0v) is 17.6. The molecule has 1 aliphatic rings. The standard InChI is InChI=1S/C22H25N5OS/c1-17(28)19-8-10-20(11-9-19)25-14-12-24(13-15-25)16-26-22(29)27(18(2)23-26)21-6-4-3-5-7-21/h3-11H,12-16H2,1-2H3. The number of anilines is 1. The van der Waals surface area contributed by atoms with Crippen molar-refractivity contribution in [2.45, 2.75) is 20.5 Å². The van der Waals surface area contributed by atoms with E-state index in [1.807, 2.05) is 70.8 Å². The van der Waals surface area contributed by atoms with Gasteiger partial charge in [0.25, 0.3) is 0 Å². The minimum Gasteiger partial charge on any atom is -0.369 e. The van der Waals surface area contributed by atoms with Gasteiger partial charge in [0.2, 0.25) is 4.77 Å². The Morgan fingerprint density at radius 2 is 1.62 bits per heavy atom. The summed E-state index contributed by atoms with van der Waals surface area (Å²) < 4.78 is 4.65. The molecule has 0 aliphatic carbocycles. The van der Waals surface area contributed by atoms with Crippen molar-refractivity contribution in [3.05, 3.63) is 70.8 Å². The van der Waals surface area contributed by atoms with Gasteiger partial charge < -0.3 is 4.90 Å². The van der Waals surface area contributed by atoms with E-state index < -0.39 is 0 Å². The normalized spacial score (nSPS) is 14.9. The fourth-order valence-electron chi connectivity index (χ4n) is 3.73. The van der Waals surface area contributed by atoms with E-state index in [4.69, 9.17) is 12.2 Å². The Kier molecular flexibility index (Phi) is 5.60. The van der Waals surface area contributed by atoms with E-state index in [1.54, 1.807) is 6.92 Å². The quantitative estimate of drug-likeness (QED) is 0.477. The van der Waals surface area contributed by atoms with Crippen LogP contribution in [0.25, 0.3) is 5.69 Å². The molecule has 2 aromatic carbocycles. The van der Waals surface area contributed by atoms with Crippen molar-refractivity contribution >= 4 is 23.7 Å². The molecule has 0 saturated carbocycles. The highest BCUT2D eigenvalue weighted by molar-refractivity contribution is 7.71. The summed E-state index contributed by atoms with van der Waals surface area (Å²) in [6, 6.07) is 18.0. The number of carbonyl (C=O) groups excluding carboxylic acids is 1. The lowest BCUT2D eigenvalue weighted by Gasteiger charge is -2.35. The monoisotopic (exact) mass is 407 g/mol. The number of piperazine rings is 1. The number of aromatic nitrogens is 3. The lowest BCUT2D eigenvalue weighted by atomic mass is 10.1. The molecular formula is C22H25N5OS. The average molecular weight is 408 g/mol. The fourth-order valence-corrected chi connectivity index (χ4v) is 4.06. The van der Waals surface area contributed by atoms with Gasteiger partial charge in [-0.1, -0.05) is 18.2 Å². The zero-order chi connectivity index (χ0) is 20.4. The average Bonchev–Trinajstić information content (AvgIpc) is 3.02. The Hall–Kier alpha value is -2.77. The van der Waals surface area contributed by atoms with Crippen LogP contribution >= 0.6 is 12.2 Å². The van der Waals surface area contributed by atoms with E-state index in [0.717, 1.165) is 53.7 Å². The van der Waals surface area contributed by atoms with Crippen LogP contribution in [0, 0.1) is 11.7 Å². The third kappa shape index (κ3) is 4.16. The molecule has 150 valence electrons. The van der Waals surface area contributed by atoms with Crippen LogP contribution in [0.2, 0.25) is 0 Å². The summed E-state index contributed by atoms with van der Waals surface area (Å²) in [5.41, 5.74) is 2.96. The molecule has 4 rings (SSSR count). The minimum atomic E-state index is 0.100. The molecule has 1 saturated heterocycles. The molecule has 29 heavy (non-hydrogen) atoms. The molecule has 7 heteroatoms. The number of nitrogens with zero attached hydrogens (tertiary/aromatic N) is 5. The smallest absolute Gasteiger partial charge is 0.203 e. The Morgan fingerprint density at radius 3 is 2.24 bits per heavy atom. The molecule has 1 aromatic heterocycles. The van der Waals surface area contributed by atoms with Crippen LogP contribution in [0.3, 0.4) is 0 Å². The molecule has 2 heterocycles. The molecule has 0 atom stereocenters. The van der Waals surface area contributed by atoms with Crippen LogP contribution in [0.4, 0.5) is 5.69 Å². The second-order valence-corrected chi connectivity index (χ2v) is 7.71. The molecule has 0 N–H and O–H groups in total. The number of carbonyl (C=O) groups is 1. The second kappa shape index (κ2) is 8.31. The maximum atomic E-state index is 11.5. The summed E-state index contributed by atoms with van der Waals surface area (Å²) in [6.07, 6.45) is 0. The van der Waals surface area contributed by atoms with Gasteiger partial charge in [0.1, 0.15) is 5.82 Å². The number of benzene rings is 2. The van der Waals surface area contributed by atoms with Crippen LogP contribution in [0.5, 0.6) is 0 Å². The van der Waals surface area contributed by atoms with Crippen molar-refractivity contribution in [2.24, 2.45) is 0 Å². The van der Waals surface area contributed by atoms with Crippen molar-refractivity contribution in [2.75, 3.05) is 31.1 Å². The summed E-state index contributed by atoms with van der Waals surface area (Å²) in [5.74, 6) is 0.994. The van der Waals surface area contributed by atoms with Crippen molar-refractivity contribution in [3.8, 4) is 5.69 Å². The first-order valence-corrected chi connectivity index (χ1v) is 10.2. The maximum absolute atomic E-state index is 11.5. The molecular weight excluding hydrogens is 382 g/mol. The van der Waals surface area contributed by atoms with Crippen LogP contribution in [-0.4, -0.2) is 51.2 Å². The van der Waals surface area contributed by atoms with Crippen LogP contribution in [0.15, 0.2) is 54.6 Å². The third-order valence-corrected chi connectivity index (χ3v) is 5.75. The highest BCUT2D eigenvalue weighted by atomic mass is 32.1. The number of hydrogen-bond donors (Lipinski definition) is 0. The van der Waals surface area contributed by atoms with Crippen molar-refractivity contribution in [3.63, 3.8) is 0 Å². The minimum absolute atomic E-state index is 0.100. The van der Waals surface area contributed by atoms with E-state index in [0.29, 0.717) is 6.67 Å². The Bertz CT molecular complexity index is 1050. The van der Waals surface area contributed by atoms with Crippen LogP contribution in [-0.2, 0) is 6.67 Å². The highest BCUT2D eigenvalue weighted by Gasteiger charge is 2.19. The van der Waals surface area contributed by atoms with Gasteiger partial charge in [0, 0.05) is 43.1 Å². The van der Waals surface area contributed by atoms with E-state index in [9.17, 15) is 4.79 Å². The van der Waals surface area contributed by atoms with Gasteiger partial charge in [-0.05, 0) is 62.5 Å². The van der Waals surface area contributed by atoms with Crippen LogP contribution < -0.4 is 4.90 Å². The number of ketones is 1. The molecule has 6 nitrogen and oxygen atoms in total. The topological polar surface area (TPSA) is 46.3 Å². The summed E-state index contributed by atoms with van der Waals surface area (Å²) in [5, 5.41) is 4.67. The van der Waals surface area contributed by atoms with E-state index in [-0.39, 0.29) is 5.78 Å². The van der Waals surface area contributed by atoms with Crippen LogP contribution in [0.1, 0.15) is 23.1 Å². The number of hydrogen-bond acceptors (Lipinski definition) is 5. The number of aryl methyl sites for hydroxylation is 1. The number of rotatable bonds is 5. The summed E-state index contributed by atoms with van der Waals surface area (Å²) in [6.45, 7) is 8.02. The Balaban J connectivity index is 1.41. The van der Waals surface area contributed by atoms with E-state index in [2.05, 4.69) is 14.9 Å². The largest absolute Gasteiger partial charge is 0.369 e. The van der Waals surface area contributed by atoms with Crippen molar-refractivity contribution < 1.29 is 4.79 Å². The van der Waals surface area contributed by atoms with Gasteiger partial charge in [-0.3, -0.25) is 14.3 Å². The molecule has 0 bridgehead atoms. The van der Waals surface area contributed by atoms with Gasteiger partial charge in [0.05, 0.1) is 6.67 Å². The van der Waals surface area contributed by atoms with E-state index >= 15 is 0 Å². The molecule has 0 amide bonds. The molecule has 3 aromatic rings. The van der Waals surface area contributed by atoms with Gasteiger partial charge in [-0.15, -0.1) is 0 Å². The lowest BCUT2D eigenvalue weighted by molar-refractivity contribution is 0.101. The maximum Gasteiger partial charge on any atom is 0.203 e. The first-order chi connectivity index (χ1) is 14.0. The van der Waals surface area contributed by atoms with Crippen molar-refractivity contribution in [1.82, 2.24) is 19.2 Å². The van der Waals surface area contributed by atoms with Crippen molar-refractivity contribution in [1.29, 1.82) is 0 Å². The third-order valence-electron chi connectivity index (χ3n) is 5.36. The fraction of sp³-hybridized carbons (Fsp3) is 0.318. The van der Waals surface area contributed by atoms with Gasteiger partial charge >= 0.3 is 0 Å². The number of Topliss-reactive ketones (excluding diaryl/α,β-unsaturated/α-hetero) is 1. The first kappa shape index (κ1) is 19.5. The highest BCUT2D eigenvalue weighted by Crippen LogP contribution is 2.18. The van der Waals surface area contributed by atoms with E-state index in [1.165, 1.54) is 0 Å². The summed E-state index contributed by atoms with van der Waals surface area (Å²) >= 11 is 5.70. The lowest BCUT2D eigenvalue weighted by Crippen LogP contribution is -2.47. The molecule has 1 aliphatic heterocycles.